The van der Waals surface area contributed by atoms with Crippen LogP contribution in [0.4, 0.5) is 0 Å². The van der Waals surface area contributed by atoms with Crippen molar-refractivity contribution in [1.82, 2.24) is 19.5 Å². The van der Waals surface area contributed by atoms with Crippen molar-refractivity contribution in [3.8, 4) is 62.1 Å². The van der Waals surface area contributed by atoms with Crippen LogP contribution in [0.15, 0.2) is 126 Å². The first kappa shape index (κ1) is 43.7. The fourth-order valence-electron chi connectivity index (χ4n) is 9.20. The Morgan fingerprint density at radius 3 is 1.44 bits per heavy atom. The van der Waals surface area contributed by atoms with Gasteiger partial charge in [0.05, 0.1) is 0 Å². The van der Waals surface area contributed by atoms with E-state index in [4.69, 9.17) is 114 Å². The van der Waals surface area contributed by atoms with Crippen LogP contribution in [0, 0.1) is 0 Å². The molecule has 0 saturated carbocycles. The summed E-state index contributed by atoms with van der Waals surface area (Å²) < 4.78 is 8.33. The molecular weight excluding hydrogens is 814 g/mol. The number of hydrogen-bond acceptors (Lipinski definition) is 4. The Bertz CT molecular complexity index is 3920. The summed E-state index contributed by atoms with van der Waals surface area (Å²) in [7, 11) is 79.6. The Hall–Kier alpha value is -6.85. The van der Waals surface area contributed by atoms with Gasteiger partial charge < -0.3 is 8.98 Å². The van der Waals surface area contributed by atoms with E-state index < -0.39 is 0 Å². The summed E-state index contributed by atoms with van der Waals surface area (Å²) in [5.74, 6) is 1.52. The summed E-state index contributed by atoms with van der Waals surface area (Å²) in [6.45, 7) is 0. The molecule has 0 saturated heterocycles. The summed E-state index contributed by atoms with van der Waals surface area (Å²) >= 11 is 0. The molecule has 11 rings (SSSR count). The fourth-order valence-corrected chi connectivity index (χ4v) is 9.20. The minimum atomic E-state index is -0.0000592. The van der Waals surface area contributed by atoms with Crippen molar-refractivity contribution in [3.63, 3.8) is 0 Å². The Morgan fingerprint density at radius 2 is 0.794 bits per heavy atom. The summed E-state index contributed by atoms with van der Waals surface area (Å²) in [6, 6.07) is 39.6. The summed E-state index contributed by atoms with van der Waals surface area (Å²) in [5, 5.41) is 2.28. The first-order valence-electron chi connectivity index (χ1n) is 21.3. The van der Waals surface area contributed by atoms with Crippen molar-refractivity contribution in [2.24, 2.45) is 0 Å². The Morgan fingerprint density at radius 1 is 0.324 bits per heavy atom. The Kier molecular flexibility index (Phi) is 10.6. The molecule has 17 heteroatoms. The fraction of sp³-hybridized carbons (Fsp3) is 0. The van der Waals surface area contributed by atoms with E-state index in [9.17, 15) is 0 Å². The first-order chi connectivity index (χ1) is 32.7. The van der Waals surface area contributed by atoms with Crippen LogP contribution in [0.1, 0.15) is 0 Å². The van der Waals surface area contributed by atoms with E-state index in [0.29, 0.717) is 56.1 Å². The second-order valence-corrected chi connectivity index (χ2v) is 16.6. The molecule has 68 heavy (non-hydrogen) atoms. The van der Waals surface area contributed by atoms with Gasteiger partial charge in [-0.3, -0.25) is 0 Å². The molecule has 286 valence electrons. The number of furan rings is 1. The molecule has 0 bridgehead atoms. The van der Waals surface area contributed by atoms with Gasteiger partial charge >= 0.3 is 0 Å². The summed E-state index contributed by atoms with van der Waals surface area (Å²) in [6.07, 6.45) is 0. The maximum absolute atomic E-state index is 7.12. The van der Waals surface area contributed by atoms with Gasteiger partial charge in [-0.1, -0.05) is 123 Å². The highest BCUT2D eigenvalue weighted by Crippen LogP contribution is 2.36. The van der Waals surface area contributed by atoms with Crippen molar-refractivity contribution in [1.29, 1.82) is 0 Å². The van der Waals surface area contributed by atoms with Gasteiger partial charge in [-0.25, -0.2) is 15.0 Å². The lowest BCUT2D eigenvalue weighted by Gasteiger charge is -2.26. The molecule has 24 radical (unpaired) electrons. The SMILES string of the molecule is [B]c1c([B])c([B])c(-c2c([B])c([B])c3c(c2[B])c2c([B])c([B])c([B])c([B])c2n3-c2ccc3oc4cc(-c5nc(-c6ccccc6)nc(-c6cccc(-c7ccccc7)c6)n5)ccc4c3c2)c([B])c1[B]. The molecule has 5 nitrogen and oxygen atoms in total. The molecule has 0 aliphatic carbocycles. The average Bonchev–Trinajstić information content (AvgIpc) is 3.93. The maximum Gasteiger partial charge on any atom is 0.164 e. The third-order valence-electron chi connectivity index (χ3n) is 12.7. The lowest BCUT2D eigenvalue weighted by Crippen LogP contribution is -2.56. The molecule has 0 unspecified atom stereocenters. The maximum atomic E-state index is 7.12. The van der Waals surface area contributed by atoms with Crippen LogP contribution >= 0.6 is 0 Å². The van der Waals surface area contributed by atoms with Crippen molar-refractivity contribution in [3.05, 3.63) is 121 Å². The number of hydrogen-bond donors (Lipinski definition) is 0. The van der Waals surface area contributed by atoms with Gasteiger partial charge in [0.1, 0.15) is 105 Å². The molecule has 0 amide bonds. The molecule has 0 aliphatic heterocycles. The smallest absolute Gasteiger partial charge is 0.164 e. The molecule has 3 aromatic heterocycles. The molecule has 0 fully saturated rings. The monoisotopic (exact) mass is 836 g/mol. The van der Waals surface area contributed by atoms with Crippen LogP contribution in [0.25, 0.3) is 106 Å². The normalized spacial score (nSPS) is 11.6. The van der Waals surface area contributed by atoms with Crippen molar-refractivity contribution in [2.75, 3.05) is 0 Å². The second-order valence-electron chi connectivity index (χ2n) is 16.6. The summed E-state index contributed by atoms with van der Waals surface area (Å²) in [5.41, 5.74) is 7.96. The van der Waals surface area contributed by atoms with Gasteiger partial charge in [-0.2, -0.15) is 0 Å². The van der Waals surface area contributed by atoms with Crippen LogP contribution in [0.2, 0.25) is 0 Å². The standard InChI is InChI=1S/C51H20B12N4O/c52-35-31(32-36(53)40(57)43(60)41(58)37(32)54)38(55)45(62)47-33(35)34-39(56)42(59)44(61)46(63)48(34)67(47)26-15-17-29-28(20-26)27-16-14-25(19-30(27)68-29)51-65-49(22-10-5-2-6-11-22)64-50(66-51)24-13-7-12-23(18-24)21-8-3-1-4-9-21/h1-20H. The minimum Gasteiger partial charge on any atom is -0.456 e. The molecule has 0 N–H and O–H groups in total. The van der Waals surface area contributed by atoms with E-state index in [1.807, 2.05) is 97.1 Å². The highest BCUT2D eigenvalue weighted by atomic mass is 16.3. The zero-order valence-electron chi connectivity index (χ0n) is 36.2. The van der Waals surface area contributed by atoms with Crippen LogP contribution in [-0.4, -0.2) is 114 Å². The third kappa shape index (κ3) is 6.67. The molecule has 0 spiro atoms. The van der Waals surface area contributed by atoms with Crippen LogP contribution in [0.5, 0.6) is 0 Å². The molecule has 3 heterocycles. The van der Waals surface area contributed by atoms with Crippen molar-refractivity contribution >= 4 is 203 Å². The van der Waals surface area contributed by atoms with Gasteiger partial charge in [-0.05, 0) is 64.0 Å². The van der Waals surface area contributed by atoms with Gasteiger partial charge in [-0.15, -0.1) is 27.3 Å². The van der Waals surface area contributed by atoms with E-state index in [1.54, 1.807) is 4.57 Å². The van der Waals surface area contributed by atoms with Gasteiger partial charge in [0.15, 0.2) is 17.5 Å². The van der Waals surface area contributed by atoms with Crippen LogP contribution in [-0.2, 0) is 0 Å². The van der Waals surface area contributed by atoms with E-state index in [1.165, 1.54) is 0 Å². The molecule has 11 aromatic rings. The lowest BCUT2D eigenvalue weighted by molar-refractivity contribution is 0.669. The third-order valence-corrected chi connectivity index (χ3v) is 12.7. The topological polar surface area (TPSA) is 56.7 Å². The van der Waals surface area contributed by atoms with Crippen LogP contribution < -0.4 is 65.6 Å². The molecule has 0 atom stereocenters. The molecular formula is C51H20B12N4O. The molecule has 0 aliphatic rings. The van der Waals surface area contributed by atoms with E-state index >= 15 is 0 Å². The predicted octanol–water partition coefficient (Wildman–Crippen LogP) is -1.27. The van der Waals surface area contributed by atoms with Gasteiger partial charge in [0.25, 0.3) is 0 Å². The largest absolute Gasteiger partial charge is 0.456 e. The zero-order chi connectivity index (χ0) is 47.4. The average molecular weight is 834 g/mol. The van der Waals surface area contributed by atoms with E-state index in [0.717, 1.165) is 38.6 Å². The number of nitrogens with zero attached hydrogens (tertiary/aromatic N) is 4. The van der Waals surface area contributed by atoms with Gasteiger partial charge in [0.2, 0.25) is 0 Å². The zero-order valence-corrected chi connectivity index (χ0v) is 36.2. The predicted molar refractivity (Wildman–Crippen MR) is 293 cm³/mol. The highest BCUT2D eigenvalue weighted by molar-refractivity contribution is 6.72. The number of benzene rings is 8. The Balaban J connectivity index is 1.10. The first-order valence-corrected chi connectivity index (χ1v) is 21.3. The number of rotatable bonds is 6. The van der Waals surface area contributed by atoms with E-state index in [-0.39, 0.29) is 76.7 Å². The summed E-state index contributed by atoms with van der Waals surface area (Å²) in [4.78, 5) is 15.0. The highest BCUT2D eigenvalue weighted by Gasteiger charge is 2.26. The second kappa shape index (κ2) is 16.4. The van der Waals surface area contributed by atoms with Crippen LogP contribution in [0.3, 0.4) is 0 Å². The van der Waals surface area contributed by atoms with Gasteiger partial charge in [0, 0.05) is 49.6 Å². The molecule has 8 aromatic carbocycles. The number of fused-ring (bicyclic) bond motifs is 6. The lowest BCUT2D eigenvalue weighted by atomic mass is 9.57. The quantitative estimate of drug-likeness (QED) is 0.197. The van der Waals surface area contributed by atoms with E-state index in [2.05, 4.69) is 24.3 Å². The van der Waals surface area contributed by atoms with Crippen molar-refractivity contribution < 1.29 is 4.42 Å². The minimum absolute atomic E-state index is 0.0000592. The van der Waals surface area contributed by atoms with Crippen molar-refractivity contribution in [2.45, 2.75) is 0 Å². The number of aromatic nitrogens is 4. The Labute approximate surface area is 408 Å².